The van der Waals surface area contributed by atoms with E-state index in [0.29, 0.717) is 5.69 Å². The zero-order valence-electron chi connectivity index (χ0n) is 10.1. The van der Waals surface area contributed by atoms with Crippen LogP contribution in [0.2, 0.25) is 0 Å². The van der Waals surface area contributed by atoms with E-state index < -0.39 is 9.84 Å². The number of hydrogen-bond donors (Lipinski definition) is 1. The lowest BCUT2D eigenvalue weighted by molar-refractivity contribution is 0.596. The fourth-order valence-electron chi connectivity index (χ4n) is 1.72. The molecule has 1 aromatic carbocycles. The van der Waals surface area contributed by atoms with Gasteiger partial charge in [0.1, 0.15) is 0 Å². The highest BCUT2D eigenvalue weighted by molar-refractivity contribution is 7.91. The Morgan fingerprint density at radius 3 is 2.39 bits per heavy atom. The van der Waals surface area contributed by atoms with Crippen molar-refractivity contribution in [2.24, 2.45) is 0 Å². The van der Waals surface area contributed by atoms with Gasteiger partial charge in [-0.25, -0.2) is 8.42 Å². The van der Waals surface area contributed by atoms with E-state index in [9.17, 15) is 8.42 Å². The first-order chi connectivity index (χ1) is 8.53. The summed E-state index contributed by atoms with van der Waals surface area (Å²) < 4.78 is 24.5. The molecule has 0 unspecified atom stereocenters. The zero-order valence-corrected chi connectivity index (χ0v) is 11.7. The van der Waals surface area contributed by atoms with Crippen LogP contribution in [0, 0.1) is 0 Å². The maximum absolute atomic E-state index is 12.2. The van der Waals surface area contributed by atoms with Gasteiger partial charge >= 0.3 is 0 Å². The molecule has 0 amide bonds. The fraction of sp³-hybridized carbons (Fsp3) is 0.231. The van der Waals surface area contributed by atoms with Crippen LogP contribution in [0.25, 0.3) is 0 Å². The van der Waals surface area contributed by atoms with Crippen LogP contribution < -0.4 is 5.73 Å². The Morgan fingerprint density at radius 1 is 1.11 bits per heavy atom. The molecular formula is C13H15NO2S2. The Bertz CT molecular complexity index is 645. The molecule has 18 heavy (non-hydrogen) atoms. The summed E-state index contributed by atoms with van der Waals surface area (Å²) in [6.45, 7) is 2.05. The van der Waals surface area contributed by atoms with Gasteiger partial charge in [0.15, 0.2) is 9.84 Å². The SMILES string of the molecule is CCc1ccc(CS(=O)(=O)c2ccccc2N)s1. The first-order valence-electron chi connectivity index (χ1n) is 5.68. The van der Waals surface area contributed by atoms with Gasteiger partial charge in [-0.05, 0) is 30.7 Å². The lowest BCUT2D eigenvalue weighted by Crippen LogP contribution is -2.06. The molecule has 0 spiro atoms. The van der Waals surface area contributed by atoms with Gasteiger partial charge in [0.25, 0.3) is 0 Å². The number of nitrogen functional groups attached to an aromatic ring is 1. The number of thiophene rings is 1. The largest absolute Gasteiger partial charge is 0.398 e. The normalized spacial score (nSPS) is 11.6. The summed E-state index contributed by atoms with van der Waals surface area (Å²) in [7, 11) is -3.35. The van der Waals surface area contributed by atoms with Gasteiger partial charge in [-0.1, -0.05) is 19.1 Å². The number of anilines is 1. The van der Waals surface area contributed by atoms with Crippen LogP contribution in [0.5, 0.6) is 0 Å². The molecule has 0 bridgehead atoms. The molecule has 2 N–H and O–H groups in total. The van der Waals surface area contributed by atoms with Crippen molar-refractivity contribution in [3.63, 3.8) is 0 Å². The van der Waals surface area contributed by atoms with E-state index in [0.717, 1.165) is 11.3 Å². The van der Waals surface area contributed by atoms with Crippen molar-refractivity contribution in [2.75, 3.05) is 5.73 Å². The summed E-state index contributed by atoms with van der Waals surface area (Å²) >= 11 is 1.54. The summed E-state index contributed by atoms with van der Waals surface area (Å²) in [4.78, 5) is 2.27. The maximum atomic E-state index is 12.2. The third-order valence-electron chi connectivity index (χ3n) is 2.65. The predicted molar refractivity (Wildman–Crippen MR) is 75.4 cm³/mol. The number of benzene rings is 1. The minimum atomic E-state index is -3.35. The Hall–Kier alpha value is -1.33. The summed E-state index contributed by atoms with van der Waals surface area (Å²) in [6, 6.07) is 10.4. The van der Waals surface area contributed by atoms with Crippen molar-refractivity contribution in [2.45, 2.75) is 24.0 Å². The molecule has 2 aromatic rings. The van der Waals surface area contributed by atoms with Gasteiger partial charge in [0.2, 0.25) is 0 Å². The molecule has 5 heteroatoms. The lowest BCUT2D eigenvalue weighted by Gasteiger charge is -2.05. The van der Waals surface area contributed by atoms with Crippen LogP contribution >= 0.6 is 11.3 Å². The quantitative estimate of drug-likeness (QED) is 0.877. The molecule has 0 aliphatic rings. The standard InChI is InChI=1S/C13H15NO2S2/c1-2-10-7-8-11(17-10)9-18(15,16)13-6-4-3-5-12(13)14/h3-8H,2,9,14H2,1H3. The van der Waals surface area contributed by atoms with E-state index >= 15 is 0 Å². The number of para-hydroxylation sites is 1. The maximum Gasteiger partial charge on any atom is 0.185 e. The second-order valence-electron chi connectivity index (χ2n) is 4.02. The lowest BCUT2D eigenvalue weighted by atomic mass is 10.3. The van der Waals surface area contributed by atoms with Gasteiger partial charge in [0.05, 0.1) is 16.3 Å². The van der Waals surface area contributed by atoms with Gasteiger partial charge in [-0.15, -0.1) is 11.3 Å². The van der Waals surface area contributed by atoms with Crippen LogP contribution in [0.3, 0.4) is 0 Å². The molecule has 0 atom stereocenters. The van der Waals surface area contributed by atoms with E-state index in [1.807, 2.05) is 12.1 Å². The van der Waals surface area contributed by atoms with Crippen molar-refractivity contribution >= 4 is 26.9 Å². The van der Waals surface area contributed by atoms with E-state index in [-0.39, 0.29) is 10.6 Å². The second kappa shape index (κ2) is 5.12. The Kier molecular flexibility index (Phi) is 3.73. The van der Waals surface area contributed by atoms with E-state index in [1.54, 1.807) is 35.6 Å². The summed E-state index contributed by atoms with van der Waals surface area (Å²) in [5, 5.41) is 0. The molecule has 0 aliphatic carbocycles. The van der Waals surface area contributed by atoms with Crippen LogP contribution in [0.4, 0.5) is 5.69 Å². The molecule has 1 heterocycles. The van der Waals surface area contributed by atoms with Gasteiger partial charge in [-0.2, -0.15) is 0 Å². The number of rotatable bonds is 4. The summed E-state index contributed by atoms with van der Waals surface area (Å²) in [5.74, 6) is 0.0197. The third kappa shape index (κ3) is 2.73. The van der Waals surface area contributed by atoms with Crippen LogP contribution in [0.15, 0.2) is 41.3 Å². The minimum Gasteiger partial charge on any atom is -0.398 e. The fourth-order valence-corrected chi connectivity index (χ4v) is 4.51. The monoisotopic (exact) mass is 281 g/mol. The number of hydrogen-bond acceptors (Lipinski definition) is 4. The number of sulfone groups is 1. The first-order valence-corrected chi connectivity index (χ1v) is 8.14. The predicted octanol–water partition coefficient (Wildman–Crippen LogP) is 2.87. The van der Waals surface area contributed by atoms with E-state index in [4.69, 9.17) is 5.73 Å². The Morgan fingerprint density at radius 2 is 1.78 bits per heavy atom. The Balaban J connectivity index is 2.30. The average molecular weight is 281 g/mol. The van der Waals surface area contributed by atoms with E-state index in [1.165, 1.54) is 4.88 Å². The van der Waals surface area contributed by atoms with E-state index in [2.05, 4.69) is 6.92 Å². The molecule has 96 valence electrons. The van der Waals surface area contributed by atoms with Gasteiger partial charge in [-0.3, -0.25) is 0 Å². The van der Waals surface area contributed by atoms with Crippen molar-refractivity contribution in [1.29, 1.82) is 0 Å². The highest BCUT2D eigenvalue weighted by atomic mass is 32.2. The van der Waals surface area contributed by atoms with Gasteiger partial charge < -0.3 is 5.73 Å². The second-order valence-corrected chi connectivity index (χ2v) is 7.23. The highest BCUT2D eigenvalue weighted by Gasteiger charge is 2.18. The smallest absolute Gasteiger partial charge is 0.185 e. The molecule has 0 radical (unpaired) electrons. The topological polar surface area (TPSA) is 60.2 Å². The third-order valence-corrected chi connectivity index (χ3v) is 5.80. The molecule has 0 saturated heterocycles. The number of aryl methyl sites for hydroxylation is 1. The molecule has 1 aromatic heterocycles. The molecule has 0 saturated carbocycles. The number of nitrogens with two attached hydrogens (primary N) is 1. The van der Waals surface area contributed by atoms with Gasteiger partial charge in [0, 0.05) is 9.75 Å². The van der Waals surface area contributed by atoms with Crippen LogP contribution in [-0.4, -0.2) is 8.42 Å². The molecule has 0 aliphatic heterocycles. The molecule has 2 rings (SSSR count). The average Bonchev–Trinajstić information content (AvgIpc) is 2.76. The van der Waals surface area contributed by atoms with Crippen molar-refractivity contribution in [1.82, 2.24) is 0 Å². The highest BCUT2D eigenvalue weighted by Crippen LogP contribution is 2.25. The molecule has 3 nitrogen and oxygen atoms in total. The zero-order chi connectivity index (χ0) is 13.2. The minimum absolute atomic E-state index is 0.0197. The first kappa shape index (κ1) is 13.1. The van der Waals surface area contributed by atoms with Crippen molar-refractivity contribution in [3.05, 3.63) is 46.2 Å². The summed E-state index contributed by atoms with van der Waals surface area (Å²) in [5.41, 5.74) is 6.03. The van der Waals surface area contributed by atoms with Crippen molar-refractivity contribution < 1.29 is 8.42 Å². The Labute approximate surface area is 111 Å². The summed E-state index contributed by atoms with van der Waals surface area (Å²) in [6.07, 6.45) is 0.929. The van der Waals surface area contributed by atoms with Crippen molar-refractivity contribution in [3.8, 4) is 0 Å². The molecular weight excluding hydrogens is 266 g/mol. The van der Waals surface area contributed by atoms with Crippen LogP contribution in [-0.2, 0) is 22.0 Å². The van der Waals surface area contributed by atoms with Crippen LogP contribution in [0.1, 0.15) is 16.7 Å². The molecule has 0 fully saturated rings.